The van der Waals surface area contributed by atoms with Crippen molar-refractivity contribution in [3.63, 3.8) is 0 Å². The molecule has 19 heavy (non-hydrogen) atoms. The molecular weight excluding hydrogens is 232 g/mol. The van der Waals surface area contributed by atoms with Gasteiger partial charge in [0, 0.05) is 25.5 Å². The normalized spacial score (nSPS) is 18.9. The summed E-state index contributed by atoms with van der Waals surface area (Å²) < 4.78 is 0. The molecule has 1 unspecified atom stereocenters. The van der Waals surface area contributed by atoms with Crippen molar-refractivity contribution in [3.05, 3.63) is 12.4 Å². The molecule has 1 rings (SSSR count). The Morgan fingerprint density at radius 1 is 0.842 bits per heavy atom. The van der Waals surface area contributed by atoms with Gasteiger partial charge in [-0.05, 0) is 19.3 Å². The molecule has 1 aliphatic heterocycles. The predicted octanol–water partition coefficient (Wildman–Crippen LogP) is 4.83. The zero-order chi connectivity index (χ0) is 14.1. The second-order valence-electron chi connectivity index (χ2n) is 6.15. The lowest BCUT2D eigenvalue weighted by atomic mass is 10.1. The highest BCUT2D eigenvalue weighted by atomic mass is 15.4. The van der Waals surface area contributed by atoms with Crippen LogP contribution in [0.5, 0.6) is 0 Å². The summed E-state index contributed by atoms with van der Waals surface area (Å²) in [5.74, 6) is 0.694. The number of hydrogen-bond donors (Lipinski definition) is 0. The molecule has 0 spiro atoms. The maximum absolute atomic E-state index is 2.54. The number of rotatable bonds is 10. The van der Waals surface area contributed by atoms with Gasteiger partial charge in [0.15, 0.2) is 0 Å². The average molecular weight is 266 g/mol. The minimum absolute atomic E-state index is 0.588. The van der Waals surface area contributed by atoms with Crippen LogP contribution in [0, 0.1) is 5.92 Å². The molecule has 0 radical (unpaired) electrons. The van der Waals surface area contributed by atoms with Gasteiger partial charge >= 0.3 is 0 Å². The van der Waals surface area contributed by atoms with Gasteiger partial charge in [-0.15, -0.1) is 0 Å². The molecule has 0 N–H and O–H groups in total. The van der Waals surface area contributed by atoms with Crippen LogP contribution in [0.4, 0.5) is 0 Å². The van der Waals surface area contributed by atoms with E-state index in [9.17, 15) is 0 Å². The monoisotopic (exact) mass is 266 g/mol. The van der Waals surface area contributed by atoms with Gasteiger partial charge in [-0.2, -0.15) is 0 Å². The molecule has 112 valence electrons. The Morgan fingerprint density at radius 2 is 1.42 bits per heavy atom. The summed E-state index contributed by atoms with van der Waals surface area (Å²) >= 11 is 0. The van der Waals surface area contributed by atoms with Crippen molar-refractivity contribution in [2.75, 3.05) is 13.1 Å². The molecule has 1 atom stereocenters. The molecule has 2 nitrogen and oxygen atoms in total. The van der Waals surface area contributed by atoms with Gasteiger partial charge in [0.25, 0.3) is 0 Å². The van der Waals surface area contributed by atoms with E-state index in [1.54, 1.807) is 0 Å². The Labute approximate surface area is 120 Å². The van der Waals surface area contributed by atoms with Crippen LogP contribution in [0.1, 0.15) is 72.6 Å². The van der Waals surface area contributed by atoms with Crippen LogP contribution in [-0.4, -0.2) is 29.1 Å². The van der Waals surface area contributed by atoms with Crippen LogP contribution in [0.3, 0.4) is 0 Å². The van der Waals surface area contributed by atoms with Crippen LogP contribution in [-0.2, 0) is 0 Å². The van der Waals surface area contributed by atoms with Gasteiger partial charge in [0.05, 0.1) is 0 Å². The van der Waals surface area contributed by atoms with E-state index in [0.29, 0.717) is 12.1 Å². The molecule has 0 saturated carbocycles. The average Bonchev–Trinajstić information content (AvgIpc) is 2.81. The smallest absolute Gasteiger partial charge is 0.103 e. The first-order valence-electron chi connectivity index (χ1n) is 8.40. The Hall–Kier alpha value is -0.660. The van der Waals surface area contributed by atoms with Crippen LogP contribution in [0.2, 0.25) is 0 Å². The van der Waals surface area contributed by atoms with Gasteiger partial charge < -0.3 is 9.80 Å². The van der Waals surface area contributed by atoms with Crippen molar-refractivity contribution in [2.45, 2.75) is 78.8 Å². The van der Waals surface area contributed by atoms with E-state index in [-0.39, 0.29) is 0 Å². The standard InChI is InChI=1S/C17H34N2/c1-5-7-8-9-10-11-12-13-19-15-14-18(6-2)17(19)16(3)4/h14-17H,5-13H2,1-4H3. The van der Waals surface area contributed by atoms with E-state index in [0.717, 1.165) is 6.54 Å². The maximum Gasteiger partial charge on any atom is 0.103 e. The Bertz CT molecular complexity index is 248. The zero-order valence-corrected chi connectivity index (χ0v) is 13.6. The first-order chi connectivity index (χ1) is 9.20. The molecule has 0 amide bonds. The van der Waals surface area contributed by atoms with Crippen LogP contribution in [0.15, 0.2) is 12.4 Å². The number of unbranched alkanes of at least 4 members (excludes halogenated alkanes) is 6. The van der Waals surface area contributed by atoms with Crippen molar-refractivity contribution >= 4 is 0 Å². The summed E-state index contributed by atoms with van der Waals surface area (Å²) in [5.41, 5.74) is 0. The van der Waals surface area contributed by atoms with Crippen molar-refractivity contribution in [1.82, 2.24) is 9.80 Å². The third-order valence-corrected chi connectivity index (χ3v) is 4.11. The van der Waals surface area contributed by atoms with Gasteiger partial charge in [-0.1, -0.05) is 59.3 Å². The first-order valence-corrected chi connectivity index (χ1v) is 8.40. The van der Waals surface area contributed by atoms with E-state index in [2.05, 4.69) is 49.9 Å². The van der Waals surface area contributed by atoms with Crippen LogP contribution >= 0.6 is 0 Å². The largest absolute Gasteiger partial charge is 0.356 e. The van der Waals surface area contributed by atoms with E-state index in [1.807, 2.05) is 0 Å². The molecule has 0 aromatic rings. The van der Waals surface area contributed by atoms with Crippen molar-refractivity contribution < 1.29 is 0 Å². The minimum Gasteiger partial charge on any atom is -0.356 e. The van der Waals surface area contributed by atoms with Crippen LogP contribution < -0.4 is 0 Å². The molecule has 0 aromatic heterocycles. The summed E-state index contributed by atoms with van der Waals surface area (Å²) in [7, 11) is 0. The lowest BCUT2D eigenvalue weighted by molar-refractivity contribution is 0.110. The lowest BCUT2D eigenvalue weighted by Gasteiger charge is -2.35. The number of hydrogen-bond acceptors (Lipinski definition) is 2. The summed E-state index contributed by atoms with van der Waals surface area (Å²) in [6.45, 7) is 11.5. The quantitative estimate of drug-likeness (QED) is 0.523. The van der Waals surface area contributed by atoms with E-state index >= 15 is 0 Å². The van der Waals surface area contributed by atoms with Crippen molar-refractivity contribution in [2.24, 2.45) is 5.92 Å². The predicted molar refractivity (Wildman–Crippen MR) is 84.8 cm³/mol. The zero-order valence-electron chi connectivity index (χ0n) is 13.6. The van der Waals surface area contributed by atoms with Crippen molar-refractivity contribution in [3.8, 4) is 0 Å². The maximum atomic E-state index is 2.54. The van der Waals surface area contributed by atoms with Gasteiger partial charge in [0.1, 0.15) is 6.17 Å². The summed E-state index contributed by atoms with van der Waals surface area (Å²) in [6, 6.07) is 0. The third-order valence-electron chi connectivity index (χ3n) is 4.11. The van der Waals surface area contributed by atoms with E-state index in [1.165, 1.54) is 51.5 Å². The highest BCUT2D eigenvalue weighted by molar-refractivity contribution is 4.97. The fraction of sp³-hybridized carbons (Fsp3) is 0.882. The molecule has 0 aromatic carbocycles. The summed E-state index contributed by atoms with van der Waals surface area (Å²) in [5, 5.41) is 0. The second kappa shape index (κ2) is 9.28. The van der Waals surface area contributed by atoms with E-state index in [4.69, 9.17) is 0 Å². The Morgan fingerprint density at radius 3 is 2.00 bits per heavy atom. The molecule has 1 heterocycles. The SMILES string of the molecule is CCCCCCCCCN1C=CN(CC)C1C(C)C. The van der Waals surface area contributed by atoms with Gasteiger partial charge in [-0.3, -0.25) is 0 Å². The highest BCUT2D eigenvalue weighted by Gasteiger charge is 2.27. The lowest BCUT2D eigenvalue weighted by Crippen LogP contribution is -2.42. The fourth-order valence-electron chi connectivity index (χ4n) is 3.05. The topological polar surface area (TPSA) is 6.48 Å². The first kappa shape index (κ1) is 16.4. The second-order valence-corrected chi connectivity index (χ2v) is 6.15. The molecule has 1 aliphatic rings. The molecule has 0 bridgehead atoms. The summed E-state index contributed by atoms with van der Waals surface area (Å²) in [4.78, 5) is 5.01. The molecule has 0 fully saturated rings. The number of nitrogens with zero attached hydrogens (tertiary/aromatic N) is 2. The Balaban J connectivity index is 2.16. The molecular formula is C17H34N2. The van der Waals surface area contributed by atoms with Gasteiger partial charge in [-0.25, -0.2) is 0 Å². The summed E-state index contributed by atoms with van der Waals surface area (Å²) in [6.07, 6.45) is 14.9. The van der Waals surface area contributed by atoms with Crippen LogP contribution in [0.25, 0.3) is 0 Å². The Kier molecular flexibility index (Phi) is 8.00. The third kappa shape index (κ3) is 5.46. The van der Waals surface area contributed by atoms with E-state index < -0.39 is 0 Å². The highest BCUT2D eigenvalue weighted by Crippen LogP contribution is 2.23. The molecule has 0 aliphatic carbocycles. The molecule has 2 heteroatoms. The van der Waals surface area contributed by atoms with Crippen molar-refractivity contribution in [1.29, 1.82) is 0 Å². The molecule has 0 saturated heterocycles. The fourth-order valence-corrected chi connectivity index (χ4v) is 3.05. The van der Waals surface area contributed by atoms with Gasteiger partial charge in [0.2, 0.25) is 0 Å². The minimum atomic E-state index is 0.588.